The van der Waals surface area contributed by atoms with Gasteiger partial charge in [0.15, 0.2) is 11.6 Å². The first-order valence-corrected chi connectivity index (χ1v) is 5.93. The normalized spacial score (nSPS) is 17.0. The van der Waals surface area contributed by atoms with Crippen LogP contribution < -0.4 is 15.8 Å². The van der Waals surface area contributed by atoms with Crippen LogP contribution >= 0.6 is 0 Å². The van der Waals surface area contributed by atoms with Crippen LogP contribution in [0.25, 0.3) is 0 Å². The fourth-order valence-corrected chi connectivity index (χ4v) is 1.66. The second-order valence-electron chi connectivity index (χ2n) is 5.22. The number of nitrogens with one attached hydrogen (secondary N) is 1. The first kappa shape index (κ1) is 12.0. The Morgan fingerprint density at radius 3 is 2.59 bits per heavy atom. The average molecular weight is 238 g/mol. The topological polar surface area (TPSA) is 47.3 Å². The number of anilines is 2. The van der Waals surface area contributed by atoms with Crippen LogP contribution in [0.4, 0.5) is 15.8 Å². The molecule has 0 atom stereocenters. The number of nitrogens with two attached hydrogens (primary N) is 1. The van der Waals surface area contributed by atoms with Gasteiger partial charge >= 0.3 is 0 Å². The maximum absolute atomic E-state index is 13.6. The van der Waals surface area contributed by atoms with E-state index < -0.39 is 5.82 Å². The van der Waals surface area contributed by atoms with Gasteiger partial charge in [0.1, 0.15) is 0 Å². The van der Waals surface area contributed by atoms with Crippen molar-refractivity contribution in [3.63, 3.8) is 0 Å². The standard InChI is InChI=1S/C13H19FN2O/c1-8(2)17-12-7-11(10(15)6-9(12)14)16-13(3)4-5-13/h6-8,16H,4-5,15H2,1-3H3. The summed E-state index contributed by atoms with van der Waals surface area (Å²) < 4.78 is 19.0. The summed E-state index contributed by atoms with van der Waals surface area (Å²) >= 11 is 0. The zero-order valence-electron chi connectivity index (χ0n) is 10.5. The third-order valence-corrected chi connectivity index (χ3v) is 2.90. The Hall–Kier alpha value is -1.45. The molecule has 1 aromatic rings. The van der Waals surface area contributed by atoms with Crippen molar-refractivity contribution in [1.82, 2.24) is 0 Å². The number of ether oxygens (including phenoxy) is 1. The Labute approximate surface area is 101 Å². The molecule has 1 aliphatic rings. The first-order valence-electron chi connectivity index (χ1n) is 5.93. The van der Waals surface area contributed by atoms with E-state index in [-0.39, 0.29) is 17.4 Å². The Morgan fingerprint density at radius 1 is 1.41 bits per heavy atom. The van der Waals surface area contributed by atoms with Crippen molar-refractivity contribution in [2.75, 3.05) is 11.1 Å². The van der Waals surface area contributed by atoms with E-state index in [1.807, 2.05) is 13.8 Å². The second-order valence-corrected chi connectivity index (χ2v) is 5.22. The largest absolute Gasteiger partial charge is 0.488 e. The molecule has 3 N–H and O–H groups in total. The van der Waals surface area contributed by atoms with Gasteiger partial charge in [-0.25, -0.2) is 4.39 Å². The molecule has 1 saturated carbocycles. The lowest BCUT2D eigenvalue weighted by atomic mass is 10.2. The molecule has 94 valence electrons. The van der Waals surface area contributed by atoms with E-state index in [1.54, 1.807) is 6.07 Å². The lowest BCUT2D eigenvalue weighted by Crippen LogP contribution is -2.17. The minimum atomic E-state index is -0.414. The van der Waals surface area contributed by atoms with Crippen LogP contribution in [0.15, 0.2) is 12.1 Å². The molecular weight excluding hydrogens is 219 g/mol. The molecule has 0 saturated heterocycles. The van der Waals surface area contributed by atoms with Crippen LogP contribution in [0.3, 0.4) is 0 Å². The van der Waals surface area contributed by atoms with E-state index in [2.05, 4.69) is 12.2 Å². The van der Waals surface area contributed by atoms with Crippen molar-refractivity contribution >= 4 is 11.4 Å². The van der Waals surface area contributed by atoms with Crippen LogP contribution in [-0.2, 0) is 0 Å². The highest BCUT2D eigenvalue weighted by Crippen LogP contribution is 2.40. The van der Waals surface area contributed by atoms with Crippen LogP contribution in [0.5, 0.6) is 5.75 Å². The van der Waals surface area contributed by atoms with Gasteiger partial charge in [-0.2, -0.15) is 0 Å². The van der Waals surface area contributed by atoms with Gasteiger partial charge in [0.05, 0.1) is 17.5 Å². The second kappa shape index (κ2) is 4.09. The molecule has 0 heterocycles. The summed E-state index contributed by atoms with van der Waals surface area (Å²) in [6, 6.07) is 2.96. The zero-order chi connectivity index (χ0) is 12.6. The van der Waals surface area contributed by atoms with Crippen molar-refractivity contribution < 1.29 is 9.13 Å². The summed E-state index contributed by atoms with van der Waals surface area (Å²) in [7, 11) is 0. The van der Waals surface area contributed by atoms with Gasteiger partial charge in [-0.15, -0.1) is 0 Å². The van der Waals surface area contributed by atoms with Crippen molar-refractivity contribution in [3.05, 3.63) is 17.9 Å². The van der Waals surface area contributed by atoms with E-state index in [9.17, 15) is 4.39 Å². The first-order chi connectivity index (χ1) is 7.89. The summed E-state index contributed by atoms with van der Waals surface area (Å²) in [5.41, 5.74) is 7.08. The molecule has 4 heteroatoms. The SMILES string of the molecule is CC(C)Oc1cc(NC2(C)CC2)c(N)cc1F. The Bertz CT molecular complexity index is 428. The van der Waals surface area contributed by atoms with Crippen molar-refractivity contribution in [2.24, 2.45) is 0 Å². The molecule has 0 spiro atoms. The maximum Gasteiger partial charge on any atom is 0.167 e. The molecule has 0 radical (unpaired) electrons. The third-order valence-electron chi connectivity index (χ3n) is 2.90. The molecule has 1 aromatic carbocycles. The number of benzene rings is 1. The van der Waals surface area contributed by atoms with Crippen LogP contribution in [0.2, 0.25) is 0 Å². The fraction of sp³-hybridized carbons (Fsp3) is 0.538. The highest BCUT2D eigenvalue weighted by molar-refractivity contribution is 5.70. The molecule has 1 aliphatic carbocycles. The monoisotopic (exact) mass is 238 g/mol. The molecule has 2 rings (SSSR count). The van der Waals surface area contributed by atoms with Gasteiger partial charge in [-0.1, -0.05) is 0 Å². The molecule has 0 amide bonds. The quantitative estimate of drug-likeness (QED) is 0.792. The number of hydrogen-bond donors (Lipinski definition) is 2. The smallest absolute Gasteiger partial charge is 0.167 e. The van der Waals surface area contributed by atoms with E-state index in [0.29, 0.717) is 5.69 Å². The minimum absolute atomic E-state index is 0.0579. The van der Waals surface area contributed by atoms with Crippen molar-refractivity contribution in [2.45, 2.75) is 45.3 Å². The Kier molecular flexibility index (Phi) is 2.89. The van der Waals surface area contributed by atoms with Gasteiger partial charge in [0, 0.05) is 17.7 Å². The summed E-state index contributed by atoms with van der Waals surface area (Å²) in [5.74, 6) is -0.163. The predicted molar refractivity (Wildman–Crippen MR) is 67.8 cm³/mol. The molecule has 0 aromatic heterocycles. The average Bonchev–Trinajstić information content (AvgIpc) is 2.91. The van der Waals surface area contributed by atoms with Gasteiger partial charge in [0.25, 0.3) is 0 Å². The number of halogens is 1. The molecule has 3 nitrogen and oxygen atoms in total. The van der Waals surface area contributed by atoms with Crippen LogP contribution in [-0.4, -0.2) is 11.6 Å². The van der Waals surface area contributed by atoms with Crippen LogP contribution in [0.1, 0.15) is 33.6 Å². The van der Waals surface area contributed by atoms with E-state index in [4.69, 9.17) is 10.5 Å². The molecule has 0 unspecified atom stereocenters. The Morgan fingerprint density at radius 2 is 2.06 bits per heavy atom. The minimum Gasteiger partial charge on any atom is -0.488 e. The predicted octanol–water partition coefficient (Wildman–Crippen LogP) is 3.16. The Balaban J connectivity index is 2.25. The molecule has 0 aliphatic heterocycles. The summed E-state index contributed by atoms with van der Waals surface area (Å²) in [6.45, 7) is 5.86. The van der Waals surface area contributed by atoms with Gasteiger partial charge < -0.3 is 15.8 Å². The number of rotatable bonds is 4. The highest BCUT2D eigenvalue weighted by atomic mass is 19.1. The van der Waals surface area contributed by atoms with E-state index in [1.165, 1.54) is 6.07 Å². The molecule has 0 bridgehead atoms. The van der Waals surface area contributed by atoms with Gasteiger partial charge in [-0.05, 0) is 33.6 Å². The summed E-state index contributed by atoms with van der Waals surface area (Å²) in [4.78, 5) is 0. The summed E-state index contributed by atoms with van der Waals surface area (Å²) in [5, 5.41) is 3.33. The lowest BCUT2D eigenvalue weighted by molar-refractivity contribution is 0.231. The third kappa shape index (κ3) is 2.81. The molecule has 17 heavy (non-hydrogen) atoms. The van der Waals surface area contributed by atoms with E-state index in [0.717, 1.165) is 18.5 Å². The van der Waals surface area contributed by atoms with Crippen molar-refractivity contribution in [1.29, 1.82) is 0 Å². The zero-order valence-corrected chi connectivity index (χ0v) is 10.5. The number of hydrogen-bond acceptors (Lipinski definition) is 3. The van der Waals surface area contributed by atoms with E-state index >= 15 is 0 Å². The highest BCUT2D eigenvalue weighted by Gasteiger charge is 2.37. The van der Waals surface area contributed by atoms with Gasteiger partial charge in [-0.3, -0.25) is 0 Å². The maximum atomic E-state index is 13.6. The number of nitrogen functional groups attached to an aromatic ring is 1. The van der Waals surface area contributed by atoms with Gasteiger partial charge in [0.2, 0.25) is 0 Å². The molecular formula is C13H19FN2O. The van der Waals surface area contributed by atoms with Crippen LogP contribution in [0, 0.1) is 5.82 Å². The lowest BCUT2D eigenvalue weighted by Gasteiger charge is -2.18. The molecule has 1 fully saturated rings. The fourth-order valence-electron chi connectivity index (χ4n) is 1.66. The summed E-state index contributed by atoms with van der Waals surface area (Å²) in [6.07, 6.45) is 2.17. The van der Waals surface area contributed by atoms with Crippen molar-refractivity contribution in [3.8, 4) is 5.75 Å².